The molecule has 0 fully saturated rings. The van der Waals surface area contributed by atoms with Crippen LogP contribution in [0.3, 0.4) is 0 Å². The Morgan fingerprint density at radius 2 is 1.89 bits per heavy atom. The second kappa shape index (κ2) is 4.63. The minimum atomic E-state index is 0.847. The average Bonchev–Trinajstić information content (AvgIpc) is 2.90. The molecular formula is C15H15N3S. The van der Waals surface area contributed by atoms with Crippen LogP contribution in [0.4, 0.5) is 5.82 Å². The number of hydrogen-bond donors (Lipinski definition) is 1. The second-order valence-electron chi connectivity index (χ2n) is 4.54. The number of nitrogens with one attached hydrogen (secondary N) is 1. The molecule has 0 atom stereocenters. The summed E-state index contributed by atoms with van der Waals surface area (Å²) in [6, 6.07) is 8.47. The lowest BCUT2D eigenvalue weighted by Crippen LogP contribution is -2.02. The van der Waals surface area contributed by atoms with Crippen LogP contribution in [0.5, 0.6) is 0 Å². The van der Waals surface area contributed by atoms with E-state index in [9.17, 15) is 0 Å². The summed E-state index contributed by atoms with van der Waals surface area (Å²) in [5.41, 5.74) is 4.48. The van der Waals surface area contributed by atoms with Crippen LogP contribution < -0.4 is 5.32 Å². The minimum Gasteiger partial charge on any atom is -0.371 e. The minimum absolute atomic E-state index is 0.847. The Hall–Kier alpha value is -1.94. The zero-order valence-corrected chi connectivity index (χ0v) is 12.0. The van der Waals surface area contributed by atoms with E-state index >= 15 is 0 Å². The lowest BCUT2D eigenvalue weighted by molar-refractivity contribution is 1.01. The van der Waals surface area contributed by atoms with Crippen molar-refractivity contribution in [1.29, 1.82) is 0 Å². The van der Waals surface area contributed by atoms with Gasteiger partial charge >= 0.3 is 0 Å². The van der Waals surface area contributed by atoms with Crippen LogP contribution in [0, 0.1) is 13.8 Å². The van der Waals surface area contributed by atoms with E-state index in [0.717, 1.165) is 17.1 Å². The summed E-state index contributed by atoms with van der Waals surface area (Å²) in [5, 5.41) is 15.1. The van der Waals surface area contributed by atoms with E-state index in [0.29, 0.717) is 0 Å². The van der Waals surface area contributed by atoms with Gasteiger partial charge in [0.15, 0.2) is 5.82 Å². The highest BCUT2D eigenvalue weighted by molar-refractivity contribution is 7.17. The SMILES string of the molecule is CNc1nnc(-c2cccc3ccsc23)c(C)c1C. The molecule has 3 aromatic rings. The van der Waals surface area contributed by atoms with Gasteiger partial charge < -0.3 is 5.32 Å². The molecule has 4 heteroatoms. The van der Waals surface area contributed by atoms with Crippen molar-refractivity contribution in [1.82, 2.24) is 10.2 Å². The first kappa shape index (κ1) is 12.1. The van der Waals surface area contributed by atoms with Crippen LogP contribution in [-0.2, 0) is 0 Å². The van der Waals surface area contributed by atoms with Gasteiger partial charge in [-0.3, -0.25) is 0 Å². The predicted octanol–water partition coefficient (Wildman–Crippen LogP) is 4.02. The van der Waals surface area contributed by atoms with Gasteiger partial charge in [-0.05, 0) is 41.8 Å². The van der Waals surface area contributed by atoms with Crippen molar-refractivity contribution in [2.24, 2.45) is 0 Å². The molecule has 0 bridgehead atoms. The molecule has 1 aromatic carbocycles. The normalized spacial score (nSPS) is 10.9. The van der Waals surface area contributed by atoms with Gasteiger partial charge in [-0.1, -0.05) is 18.2 Å². The van der Waals surface area contributed by atoms with Gasteiger partial charge in [0, 0.05) is 17.3 Å². The van der Waals surface area contributed by atoms with E-state index in [1.807, 2.05) is 7.05 Å². The maximum atomic E-state index is 4.40. The van der Waals surface area contributed by atoms with Crippen LogP contribution in [0.15, 0.2) is 29.6 Å². The summed E-state index contributed by atoms with van der Waals surface area (Å²) in [4.78, 5) is 0. The number of rotatable bonds is 2. The molecule has 0 radical (unpaired) electrons. The maximum Gasteiger partial charge on any atom is 0.151 e. The molecule has 2 aromatic heterocycles. The van der Waals surface area contributed by atoms with E-state index in [1.165, 1.54) is 21.2 Å². The molecule has 2 heterocycles. The van der Waals surface area contributed by atoms with Gasteiger partial charge in [-0.25, -0.2) is 0 Å². The van der Waals surface area contributed by atoms with Crippen molar-refractivity contribution in [2.45, 2.75) is 13.8 Å². The third-order valence-electron chi connectivity index (χ3n) is 3.49. The number of thiophene rings is 1. The first-order chi connectivity index (χ1) is 9.22. The Bertz CT molecular complexity index is 746. The van der Waals surface area contributed by atoms with Gasteiger partial charge in [-0.2, -0.15) is 0 Å². The summed E-state index contributed by atoms with van der Waals surface area (Å²) in [7, 11) is 1.87. The van der Waals surface area contributed by atoms with Gasteiger partial charge in [-0.15, -0.1) is 21.5 Å². The van der Waals surface area contributed by atoms with Crippen LogP contribution in [-0.4, -0.2) is 17.2 Å². The van der Waals surface area contributed by atoms with Gasteiger partial charge in [0.2, 0.25) is 0 Å². The van der Waals surface area contributed by atoms with E-state index in [4.69, 9.17) is 0 Å². The van der Waals surface area contributed by atoms with Crippen molar-refractivity contribution in [3.63, 3.8) is 0 Å². The molecule has 96 valence electrons. The Balaban J connectivity index is 2.28. The number of fused-ring (bicyclic) bond motifs is 1. The highest BCUT2D eigenvalue weighted by Crippen LogP contribution is 2.34. The van der Waals surface area contributed by atoms with Crippen molar-refractivity contribution in [2.75, 3.05) is 12.4 Å². The molecule has 19 heavy (non-hydrogen) atoms. The van der Waals surface area contributed by atoms with E-state index < -0.39 is 0 Å². The van der Waals surface area contributed by atoms with Crippen LogP contribution in [0.2, 0.25) is 0 Å². The molecule has 0 spiro atoms. The molecule has 0 saturated heterocycles. The Kier molecular flexibility index (Phi) is 2.95. The number of benzene rings is 1. The summed E-state index contributed by atoms with van der Waals surface area (Å²) in [6.45, 7) is 4.18. The van der Waals surface area contributed by atoms with Crippen LogP contribution in [0.1, 0.15) is 11.1 Å². The summed E-state index contributed by atoms with van der Waals surface area (Å²) in [5.74, 6) is 0.847. The molecule has 0 amide bonds. The molecule has 0 unspecified atom stereocenters. The van der Waals surface area contributed by atoms with Crippen molar-refractivity contribution in [3.05, 3.63) is 40.8 Å². The fourth-order valence-corrected chi connectivity index (χ4v) is 3.19. The second-order valence-corrected chi connectivity index (χ2v) is 5.46. The van der Waals surface area contributed by atoms with Crippen LogP contribution in [0.25, 0.3) is 21.3 Å². The molecule has 3 nitrogen and oxygen atoms in total. The van der Waals surface area contributed by atoms with E-state index in [-0.39, 0.29) is 0 Å². The predicted molar refractivity (Wildman–Crippen MR) is 81.9 cm³/mol. The number of hydrogen-bond acceptors (Lipinski definition) is 4. The van der Waals surface area contributed by atoms with Gasteiger partial charge in [0.25, 0.3) is 0 Å². The molecule has 0 saturated carbocycles. The first-order valence-corrected chi connectivity index (χ1v) is 7.08. The average molecular weight is 269 g/mol. The summed E-state index contributed by atoms with van der Waals surface area (Å²) >= 11 is 1.75. The number of nitrogens with zero attached hydrogens (tertiary/aromatic N) is 2. The summed E-state index contributed by atoms with van der Waals surface area (Å²) < 4.78 is 1.27. The van der Waals surface area contributed by atoms with Crippen molar-refractivity contribution in [3.8, 4) is 11.3 Å². The highest BCUT2D eigenvalue weighted by atomic mass is 32.1. The standard InChI is InChI=1S/C15H15N3S/c1-9-10(2)15(16-3)18-17-13(9)12-6-4-5-11-7-8-19-14(11)12/h4-8H,1-3H3,(H,16,18). The molecule has 3 rings (SSSR count). The lowest BCUT2D eigenvalue weighted by Gasteiger charge is -2.11. The summed E-state index contributed by atoms with van der Waals surface area (Å²) in [6.07, 6.45) is 0. The lowest BCUT2D eigenvalue weighted by atomic mass is 10.0. The van der Waals surface area contributed by atoms with Gasteiger partial charge in [0.1, 0.15) is 0 Å². The van der Waals surface area contributed by atoms with Crippen molar-refractivity contribution < 1.29 is 0 Å². The zero-order valence-electron chi connectivity index (χ0n) is 11.2. The smallest absolute Gasteiger partial charge is 0.151 e. The molecular weight excluding hydrogens is 254 g/mol. The Morgan fingerprint density at radius 1 is 1.05 bits per heavy atom. The van der Waals surface area contributed by atoms with E-state index in [1.54, 1.807) is 11.3 Å². The maximum absolute atomic E-state index is 4.40. The highest BCUT2D eigenvalue weighted by Gasteiger charge is 2.13. The van der Waals surface area contributed by atoms with Crippen molar-refractivity contribution >= 4 is 27.2 Å². The third-order valence-corrected chi connectivity index (χ3v) is 4.46. The fraction of sp³-hybridized carbons (Fsp3) is 0.200. The molecule has 0 aliphatic heterocycles. The number of anilines is 1. The van der Waals surface area contributed by atoms with Gasteiger partial charge in [0.05, 0.1) is 5.69 Å². The zero-order chi connectivity index (χ0) is 13.4. The monoisotopic (exact) mass is 269 g/mol. The van der Waals surface area contributed by atoms with Crippen LogP contribution >= 0.6 is 11.3 Å². The number of aromatic nitrogens is 2. The fourth-order valence-electron chi connectivity index (χ4n) is 2.28. The molecule has 0 aliphatic carbocycles. The largest absolute Gasteiger partial charge is 0.371 e. The Morgan fingerprint density at radius 3 is 2.68 bits per heavy atom. The first-order valence-electron chi connectivity index (χ1n) is 6.20. The Labute approximate surface area is 116 Å². The molecule has 1 N–H and O–H groups in total. The van der Waals surface area contributed by atoms with E-state index in [2.05, 4.69) is 59.0 Å². The molecule has 0 aliphatic rings. The third kappa shape index (κ3) is 1.88. The quantitative estimate of drug-likeness (QED) is 0.763. The topological polar surface area (TPSA) is 37.8 Å².